The van der Waals surface area contributed by atoms with E-state index in [0.29, 0.717) is 30.0 Å². The summed E-state index contributed by atoms with van der Waals surface area (Å²) in [7, 11) is 0. The Hall–Kier alpha value is -1.68. The second-order valence-electron chi connectivity index (χ2n) is 7.34. The lowest BCUT2D eigenvalue weighted by Crippen LogP contribution is -2.97. The SMILES string of the molecule is Cc1ccc(N2C(=O)C[C@@H]([NH2+][C@@H]3CCC[C@H](C)[C@@H]3C)C2=O)cc1. The highest BCUT2D eigenvalue weighted by Gasteiger charge is 2.44. The van der Waals surface area contributed by atoms with Gasteiger partial charge in [-0.05, 0) is 44.2 Å². The van der Waals surface area contributed by atoms with Gasteiger partial charge in [0.15, 0.2) is 6.04 Å². The van der Waals surface area contributed by atoms with Gasteiger partial charge in [0, 0.05) is 5.92 Å². The van der Waals surface area contributed by atoms with Crippen LogP contribution >= 0.6 is 0 Å². The predicted octanol–water partition coefficient (Wildman–Crippen LogP) is 2.02. The lowest BCUT2D eigenvalue weighted by molar-refractivity contribution is -0.716. The monoisotopic (exact) mass is 315 g/mol. The highest BCUT2D eigenvalue weighted by Crippen LogP contribution is 2.28. The highest BCUT2D eigenvalue weighted by atomic mass is 16.2. The molecule has 0 radical (unpaired) electrons. The molecule has 4 nitrogen and oxygen atoms in total. The van der Waals surface area contributed by atoms with Gasteiger partial charge in [-0.25, -0.2) is 4.90 Å². The second kappa shape index (κ2) is 6.44. The van der Waals surface area contributed by atoms with Crippen molar-refractivity contribution in [3.63, 3.8) is 0 Å². The van der Waals surface area contributed by atoms with Crippen LogP contribution in [0.2, 0.25) is 0 Å². The Morgan fingerprint density at radius 1 is 1.09 bits per heavy atom. The zero-order valence-electron chi connectivity index (χ0n) is 14.3. The van der Waals surface area contributed by atoms with Crippen molar-refractivity contribution in [2.45, 2.75) is 58.5 Å². The average Bonchev–Trinajstić information content (AvgIpc) is 2.79. The van der Waals surface area contributed by atoms with Crippen LogP contribution in [0.5, 0.6) is 0 Å². The number of nitrogens with two attached hydrogens (primary N) is 1. The number of amides is 2. The lowest BCUT2D eigenvalue weighted by atomic mass is 9.78. The number of benzene rings is 1. The maximum absolute atomic E-state index is 12.7. The maximum Gasteiger partial charge on any atom is 0.292 e. The molecule has 0 aromatic heterocycles. The molecule has 2 N–H and O–H groups in total. The highest BCUT2D eigenvalue weighted by molar-refractivity contribution is 6.21. The number of quaternary nitrogens is 1. The minimum Gasteiger partial charge on any atom is -0.333 e. The molecular formula is C19H27N2O2+. The molecule has 1 aromatic carbocycles. The Labute approximate surface area is 138 Å². The molecule has 4 heteroatoms. The van der Waals surface area contributed by atoms with E-state index in [9.17, 15) is 9.59 Å². The van der Waals surface area contributed by atoms with Gasteiger partial charge < -0.3 is 5.32 Å². The zero-order valence-corrected chi connectivity index (χ0v) is 14.3. The molecule has 1 aliphatic carbocycles. The van der Waals surface area contributed by atoms with Crippen LogP contribution in [0, 0.1) is 18.8 Å². The molecule has 2 amide bonds. The van der Waals surface area contributed by atoms with Crippen LogP contribution in [-0.2, 0) is 9.59 Å². The summed E-state index contributed by atoms with van der Waals surface area (Å²) < 4.78 is 0. The normalized spacial score (nSPS) is 31.7. The van der Waals surface area contributed by atoms with Gasteiger partial charge in [-0.2, -0.15) is 0 Å². The van der Waals surface area contributed by atoms with E-state index in [0.717, 1.165) is 12.0 Å². The van der Waals surface area contributed by atoms with Crippen molar-refractivity contribution in [3.8, 4) is 0 Å². The van der Waals surface area contributed by atoms with Gasteiger partial charge in [0.1, 0.15) is 0 Å². The number of hydrogen-bond donors (Lipinski definition) is 1. The fraction of sp³-hybridized carbons (Fsp3) is 0.579. The largest absolute Gasteiger partial charge is 0.333 e. The average molecular weight is 315 g/mol. The summed E-state index contributed by atoms with van der Waals surface area (Å²) in [5.41, 5.74) is 1.83. The summed E-state index contributed by atoms with van der Waals surface area (Å²) in [6, 6.07) is 7.81. The fourth-order valence-corrected chi connectivity index (χ4v) is 3.96. The Morgan fingerprint density at radius 2 is 1.78 bits per heavy atom. The van der Waals surface area contributed by atoms with Gasteiger partial charge in [-0.1, -0.05) is 31.5 Å². The molecule has 124 valence electrons. The molecule has 1 heterocycles. The number of carbonyl (C=O) groups excluding carboxylic acids is 2. The predicted molar refractivity (Wildman–Crippen MR) is 90.0 cm³/mol. The van der Waals surface area contributed by atoms with Crippen LogP contribution < -0.4 is 10.2 Å². The van der Waals surface area contributed by atoms with Crippen molar-refractivity contribution >= 4 is 17.5 Å². The Kier molecular flexibility index (Phi) is 4.53. The summed E-state index contributed by atoms with van der Waals surface area (Å²) in [4.78, 5) is 26.5. The van der Waals surface area contributed by atoms with E-state index in [4.69, 9.17) is 0 Å². The van der Waals surface area contributed by atoms with Crippen molar-refractivity contribution < 1.29 is 14.9 Å². The molecular weight excluding hydrogens is 288 g/mol. The third-order valence-electron chi connectivity index (χ3n) is 5.72. The molecule has 23 heavy (non-hydrogen) atoms. The van der Waals surface area contributed by atoms with Crippen molar-refractivity contribution in [3.05, 3.63) is 29.8 Å². The summed E-state index contributed by atoms with van der Waals surface area (Å²) in [5.74, 6) is 1.17. The number of hydrogen-bond acceptors (Lipinski definition) is 2. The first-order chi connectivity index (χ1) is 11.0. The molecule has 0 unspecified atom stereocenters. The van der Waals surface area contributed by atoms with Crippen molar-refractivity contribution in [2.24, 2.45) is 11.8 Å². The van der Waals surface area contributed by atoms with Crippen LogP contribution in [0.25, 0.3) is 0 Å². The maximum atomic E-state index is 12.7. The summed E-state index contributed by atoms with van der Waals surface area (Å²) in [6.45, 7) is 6.58. The quantitative estimate of drug-likeness (QED) is 0.868. The third-order valence-corrected chi connectivity index (χ3v) is 5.72. The molecule has 2 fully saturated rings. The van der Waals surface area contributed by atoms with E-state index in [-0.39, 0.29) is 17.9 Å². The second-order valence-corrected chi connectivity index (χ2v) is 7.34. The molecule has 2 aliphatic rings. The van der Waals surface area contributed by atoms with Crippen LogP contribution in [0.1, 0.15) is 45.1 Å². The molecule has 1 saturated carbocycles. The zero-order chi connectivity index (χ0) is 16.6. The molecule has 3 rings (SSSR count). The first-order valence-electron chi connectivity index (χ1n) is 8.76. The van der Waals surface area contributed by atoms with Crippen LogP contribution in [0.15, 0.2) is 24.3 Å². The summed E-state index contributed by atoms with van der Waals surface area (Å²) >= 11 is 0. The van der Waals surface area contributed by atoms with E-state index >= 15 is 0 Å². The van der Waals surface area contributed by atoms with Crippen molar-refractivity contribution in [2.75, 3.05) is 4.90 Å². The van der Waals surface area contributed by atoms with Crippen LogP contribution in [-0.4, -0.2) is 23.9 Å². The lowest BCUT2D eigenvalue weighted by Gasteiger charge is -2.33. The topological polar surface area (TPSA) is 54.0 Å². The van der Waals surface area contributed by atoms with E-state index in [1.807, 2.05) is 31.2 Å². The Morgan fingerprint density at radius 3 is 2.48 bits per heavy atom. The van der Waals surface area contributed by atoms with E-state index in [1.54, 1.807) is 0 Å². The Bertz CT molecular complexity index is 596. The van der Waals surface area contributed by atoms with E-state index in [1.165, 1.54) is 17.7 Å². The molecule has 0 spiro atoms. The van der Waals surface area contributed by atoms with Crippen molar-refractivity contribution in [1.29, 1.82) is 0 Å². The van der Waals surface area contributed by atoms with Gasteiger partial charge >= 0.3 is 0 Å². The van der Waals surface area contributed by atoms with Gasteiger partial charge in [0.05, 0.1) is 18.2 Å². The smallest absolute Gasteiger partial charge is 0.292 e. The van der Waals surface area contributed by atoms with Crippen LogP contribution in [0.4, 0.5) is 5.69 Å². The molecule has 1 aromatic rings. The van der Waals surface area contributed by atoms with E-state index in [2.05, 4.69) is 19.2 Å². The Balaban J connectivity index is 1.72. The standard InChI is InChI=1S/C19H26N2O2/c1-12-7-9-15(10-8-12)21-18(22)11-17(19(21)23)20-16-6-4-5-13(2)14(16)3/h7-10,13-14,16-17,20H,4-6,11H2,1-3H3/p+1/t13-,14-,16+,17+/m0/s1. The molecule has 1 saturated heterocycles. The van der Waals surface area contributed by atoms with Gasteiger partial charge in [-0.15, -0.1) is 0 Å². The summed E-state index contributed by atoms with van der Waals surface area (Å²) in [5, 5.41) is 2.18. The van der Waals surface area contributed by atoms with Gasteiger partial charge in [0.25, 0.3) is 5.91 Å². The minimum absolute atomic E-state index is 0.0516. The number of carbonyl (C=O) groups is 2. The van der Waals surface area contributed by atoms with Crippen LogP contribution in [0.3, 0.4) is 0 Å². The van der Waals surface area contributed by atoms with Gasteiger partial charge in [-0.3, -0.25) is 9.59 Å². The van der Waals surface area contributed by atoms with Gasteiger partial charge in [0.2, 0.25) is 5.91 Å². The molecule has 4 atom stereocenters. The van der Waals surface area contributed by atoms with Crippen molar-refractivity contribution in [1.82, 2.24) is 0 Å². The number of nitrogens with zero attached hydrogens (tertiary/aromatic N) is 1. The third kappa shape index (κ3) is 3.18. The molecule has 1 aliphatic heterocycles. The number of rotatable bonds is 3. The first-order valence-corrected chi connectivity index (χ1v) is 8.76. The summed E-state index contributed by atoms with van der Waals surface area (Å²) in [6.07, 6.45) is 3.97. The van der Waals surface area contributed by atoms with E-state index < -0.39 is 0 Å². The number of anilines is 1. The minimum atomic E-state index is -0.249. The number of imide groups is 1. The number of aryl methyl sites for hydroxylation is 1. The molecule has 0 bridgehead atoms. The fourth-order valence-electron chi connectivity index (χ4n) is 3.96. The first kappa shape index (κ1) is 16.2.